The zero-order valence-corrected chi connectivity index (χ0v) is 12.1. The number of hydrogen-bond acceptors (Lipinski definition) is 3. The van der Waals surface area contributed by atoms with Crippen molar-refractivity contribution < 1.29 is 14.5 Å². The van der Waals surface area contributed by atoms with Crippen LogP contribution < -0.4 is 16.1 Å². The summed E-state index contributed by atoms with van der Waals surface area (Å²) >= 11 is 0. The number of carbonyl (C=O) groups is 1. The zero-order chi connectivity index (χ0) is 15.4. The van der Waals surface area contributed by atoms with E-state index in [0.29, 0.717) is 24.3 Å². The summed E-state index contributed by atoms with van der Waals surface area (Å²) in [5.74, 6) is 0. The fraction of sp³-hybridized carbons (Fsp3) is 0.188. The van der Waals surface area contributed by atoms with Crippen LogP contribution >= 0.6 is 0 Å². The predicted octanol–water partition coefficient (Wildman–Crippen LogP) is 1.27. The van der Waals surface area contributed by atoms with E-state index in [2.05, 4.69) is 10.6 Å². The van der Waals surface area contributed by atoms with Crippen LogP contribution in [0.3, 0.4) is 0 Å². The number of rotatable bonds is 4. The third-order valence-electron chi connectivity index (χ3n) is 3.61. The highest BCUT2D eigenvalue weighted by Crippen LogP contribution is 2.14. The summed E-state index contributed by atoms with van der Waals surface area (Å²) in [4.78, 5) is 11.9. The average Bonchev–Trinajstić information content (AvgIpc) is 2.89. The van der Waals surface area contributed by atoms with Gasteiger partial charge in [0.1, 0.15) is 0 Å². The van der Waals surface area contributed by atoms with Crippen molar-refractivity contribution in [3.05, 3.63) is 59.7 Å². The minimum Gasteiger partial charge on any atom is -0.423 e. The maximum absolute atomic E-state index is 11.9. The Balaban J connectivity index is 1.51. The molecule has 1 heterocycles. The van der Waals surface area contributed by atoms with E-state index in [1.807, 2.05) is 36.4 Å². The molecule has 0 unspecified atom stereocenters. The van der Waals surface area contributed by atoms with Gasteiger partial charge in [0, 0.05) is 12.2 Å². The fourth-order valence-corrected chi connectivity index (χ4v) is 2.43. The van der Waals surface area contributed by atoms with E-state index in [4.69, 9.17) is 4.65 Å². The summed E-state index contributed by atoms with van der Waals surface area (Å²) in [5, 5.41) is 15.2. The summed E-state index contributed by atoms with van der Waals surface area (Å²) in [6.07, 6.45) is 0.783. The highest BCUT2D eigenvalue weighted by molar-refractivity contribution is 6.61. The van der Waals surface area contributed by atoms with Crippen molar-refractivity contribution in [1.82, 2.24) is 5.32 Å². The van der Waals surface area contributed by atoms with Crippen LogP contribution in [0.15, 0.2) is 48.5 Å². The van der Waals surface area contributed by atoms with E-state index in [0.717, 1.165) is 12.0 Å². The number of benzene rings is 2. The minimum atomic E-state index is -0.905. The molecule has 0 saturated heterocycles. The van der Waals surface area contributed by atoms with Crippen molar-refractivity contribution in [1.29, 1.82) is 0 Å². The molecule has 0 saturated carbocycles. The summed E-state index contributed by atoms with van der Waals surface area (Å²) in [7, 11) is -0.905. The molecule has 22 heavy (non-hydrogen) atoms. The van der Waals surface area contributed by atoms with Gasteiger partial charge in [-0.05, 0) is 35.1 Å². The molecule has 3 N–H and O–H groups in total. The molecule has 2 amide bonds. The molecule has 112 valence electrons. The zero-order valence-electron chi connectivity index (χ0n) is 12.1. The molecule has 0 aliphatic carbocycles. The number of amides is 2. The smallest absolute Gasteiger partial charge is 0.423 e. The molecule has 0 atom stereocenters. The van der Waals surface area contributed by atoms with Gasteiger partial charge in [-0.1, -0.05) is 36.4 Å². The number of nitrogens with one attached hydrogen (secondary N) is 2. The SMILES string of the molecule is O=C(NCCc1ccccc1)Nc1ccc2c(c1)B(O)OC2. The van der Waals surface area contributed by atoms with Crippen LogP contribution in [0.1, 0.15) is 11.1 Å². The summed E-state index contributed by atoms with van der Waals surface area (Å²) in [5.41, 5.74) is 3.48. The molecule has 1 aliphatic rings. The lowest BCUT2D eigenvalue weighted by molar-refractivity contribution is 0.252. The van der Waals surface area contributed by atoms with Gasteiger partial charge in [-0.2, -0.15) is 0 Å². The number of urea groups is 1. The van der Waals surface area contributed by atoms with E-state index in [1.54, 1.807) is 12.1 Å². The normalized spacial score (nSPS) is 12.9. The second kappa shape index (κ2) is 6.64. The standard InChI is InChI=1S/C16H17BN2O3/c20-16(18-9-8-12-4-2-1-3-5-12)19-14-7-6-13-11-22-17(21)15(13)10-14/h1-7,10,21H,8-9,11H2,(H2,18,19,20). The van der Waals surface area contributed by atoms with Gasteiger partial charge in [-0.25, -0.2) is 4.79 Å². The van der Waals surface area contributed by atoms with Gasteiger partial charge in [0.2, 0.25) is 0 Å². The highest BCUT2D eigenvalue weighted by atomic mass is 16.5. The molecule has 1 aliphatic heterocycles. The summed E-state index contributed by atoms with van der Waals surface area (Å²) < 4.78 is 5.12. The molecular weight excluding hydrogens is 279 g/mol. The Kier molecular flexibility index (Phi) is 4.41. The number of anilines is 1. The van der Waals surface area contributed by atoms with Crippen LogP contribution in [-0.2, 0) is 17.7 Å². The summed E-state index contributed by atoms with van der Waals surface area (Å²) in [6.45, 7) is 0.965. The second-order valence-electron chi connectivity index (χ2n) is 5.19. The average molecular weight is 296 g/mol. The minimum absolute atomic E-state index is 0.260. The summed E-state index contributed by atoms with van der Waals surface area (Å²) in [6, 6.07) is 15.1. The largest absolute Gasteiger partial charge is 0.491 e. The lowest BCUT2D eigenvalue weighted by Crippen LogP contribution is -2.32. The van der Waals surface area contributed by atoms with Gasteiger partial charge in [-0.15, -0.1) is 0 Å². The Labute approximate surface area is 129 Å². The molecule has 5 nitrogen and oxygen atoms in total. The third-order valence-corrected chi connectivity index (χ3v) is 3.61. The first-order chi connectivity index (χ1) is 10.7. The maximum Gasteiger partial charge on any atom is 0.491 e. The van der Waals surface area contributed by atoms with Crippen molar-refractivity contribution in [2.24, 2.45) is 0 Å². The molecule has 6 heteroatoms. The molecule has 0 bridgehead atoms. The first kappa shape index (κ1) is 14.6. The van der Waals surface area contributed by atoms with Gasteiger partial charge in [0.25, 0.3) is 0 Å². The molecule has 0 fully saturated rings. The first-order valence-corrected chi connectivity index (χ1v) is 7.23. The van der Waals surface area contributed by atoms with E-state index in [1.165, 1.54) is 5.56 Å². The number of fused-ring (bicyclic) bond motifs is 1. The first-order valence-electron chi connectivity index (χ1n) is 7.23. The van der Waals surface area contributed by atoms with Crippen LogP contribution in [0.2, 0.25) is 0 Å². The molecule has 0 spiro atoms. The van der Waals surface area contributed by atoms with Crippen molar-refractivity contribution in [3.8, 4) is 0 Å². The molecule has 2 aromatic carbocycles. The van der Waals surface area contributed by atoms with Crippen molar-refractivity contribution in [2.75, 3.05) is 11.9 Å². The Morgan fingerprint density at radius 3 is 2.86 bits per heavy atom. The van der Waals surface area contributed by atoms with Crippen molar-refractivity contribution >= 4 is 24.3 Å². The van der Waals surface area contributed by atoms with Crippen LogP contribution in [0, 0.1) is 0 Å². The van der Waals surface area contributed by atoms with E-state index < -0.39 is 7.12 Å². The van der Waals surface area contributed by atoms with Gasteiger partial charge in [-0.3, -0.25) is 0 Å². The Morgan fingerprint density at radius 2 is 2.05 bits per heavy atom. The Morgan fingerprint density at radius 1 is 1.23 bits per heavy atom. The van der Waals surface area contributed by atoms with Crippen LogP contribution in [0.25, 0.3) is 0 Å². The van der Waals surface area contributed by atoms with Gasteiger partial charge in [0.05, 0.1) is 6.61 Å². The quantitative estimate of drug-likeness (QED) is 0.744. The van der Waals surface area contributed by atoms with Gasteiger partial charge < -0.3 is 20.3 Å². The Bertz CT molecular complexity index is 664. The molecule has 0 aromatic heterocycles. The van der Waals surface area contributed by atoms with Gasteiger partial charge in [0.15, 0.2) is 0 Å². The van der Waals surface area contributed by atoms with E-state index in [-0.39, 0.29) is 6.03 Å². The topological polar surface area (TPSA) is 70.6 Å². The van der Waals surface area contributed by atoms with Crippen molar-refractivity contribution in [2.45, 2.75) is 13.0 Å². The monoisotopic (exact) mass is 296 g/mol. The third kappa shape index (κ3) is 3.47. The number of carbonyl (C=O) groups excluding carboxylic acids is 1. The lowest BCUT2D eigenvalue weighted by Gasteiger charge is -2.09. The Hall–Kier alpha value is -2.31. The molecular formula is C16H17BN2O3. The molecule has 3 rings (SSSR count). The fourth-order valence-electron chi connectivity index (χ4n) is 2.43. The lowest BCUT2D eigenvalue weighted by atomic mass is 9.79. The van der Waals surface area contributed by atoms with Crippen LogP contribution in [0.5, 0.6) is 0 Å². The predicted molar refractivity (Wildman–Crippen MR) is 86.0 cm³/mol. The van der Waals surface area contributed by atoms with Crippen LogP contribution in [-0.4, -0.2) is 24.7 Å². The number of hydrogen-bond donors (Lipinski definition) is 3. The maximum atomic E-state index is 11.9. The van der Waals surface area contributed by atoms with Crippen molar-refractivity contribution in [3.63, 3.8) is 0 Å². The van der Waals surface area contributed by atoms with E-state index >= 15 is 0 Å². The van der Waals surface area contributed by atoms with Gasteiger partial charge >= 0.3 is 13.1 Å². The molecule has 2 aromatic rings. The highest BCUT2D eigenvalue weighted by Gasteiger charge is 2.27. The second-order valence-corrected chi connectivity index (χ2v) is 5.19. The molecule has 0 radical (unpaired) electrons. The van der Waals surface area contributed by atoms with E-state index in [9.17, 15) is 9.82 Å². The van der Waals surface area contributed by atoms with Crippen LogP contribution in [0.4, 0.5) is 10.5 Å².